The van der Waals surface area contributed by atoms with E-state index in [-0.39, 0.29) is 16.5 Å². The maximum absolute atomic E-state index is 12.2. The molecule has 1 fully saturated rings. The van der Waals surface area contributed by atoms with Gasteiger partial charge < -0.3 is 4.42 Å². The van der Waals surface area contributed by atoms with E-state index >= 15 is 0 Å². The van der Waals surface area contributed by atoms with Crippen molar-refractivity contribution in [1.29, 1.82) is 0 Å². The lowest BCUT2D eigenvalue weighted by Crippen LogP contribution is -2.34. The highest BCUT2D eigenvalue weighted by Crippen LogP contribution is 2.37. The Labute approximate surface area is 96.3 Å². The zero-order valence-corrected chi connectivity index (χ0v) is 10.6. The van der Waals surface area contributed by atoms with E-state index in [9.17, 15) is 8.42 Å². The zero-order chi connectivity index (χ0) is 12.0. The highest BCUT2D eigenvalue weighted by Gasteiger charge is 2.42. The van der Waals surface area contributed by atoms with E-state index in [2.05, 4.69) is 13.8 Å². The van der Waals surface area contributed by atoms with Crippen molar-refractivity contribution in [2.75, 3.05) is 6.54 Å². The van der Waals surface area contributed by atoms with Gasteiger partial charge >= 0.3 is 0 Å². The standard InChI is InChI=1S/C11H17NO3S/c1-9-7-11(2,3)8-12(9)16(13,14)10-5-4-6-15-10/h4-6,9H,7-8H2,1-3H3. The molecule has 0 bridgehead atoms. The normalized spacial score (nSPS) is 26.1. The van der Waals surface area contributed by atoms with Crippen LogP contribution in [0.3, 0.4) is 0 Å². The number of sulfonamides is 1. The van der Waals surface area contributed by atoms with Gasteiger partial charge in [-0.25, -0.2) is 8.42 Å². The van der Waals surface area contributed by atoms with Crippen molar-refractivity contribution >= 4 is 10.0 Å². The van der Waals surface area contributed by atoms with Crippen molar-refractivity contribution in [3.8, 4) is 0 Å². The molecule has 2 heterocycles. The summed E-state index contributed by atoms with van der Waals surface area (Å²) >= 11 is 0. The van der Waals surface area contributed by atoms with E-state index in [4.69, 9.17) is 4.42 Å². The van der Waals surface area contributed by atoms with E-state index in [0.717, 1.165) is 6.42 Å². The van der Waals surface area contributed by atoms with E-state index < -0.39 is 10.0 Å². The Balaban J connectivity index is 2.33. The van der Waals surface area contributed by atoms with E-state index in [1.165, 1.54) is 16.6 Å². The molecule has 2 rings (SSSR count). The van der Waals surface area contributed by atoms with Gasteiger partial charge in [0.15, 0.2) is 0 Å². The summed E-state index contributed by atoms with van der Waals surface area (Å²) in [5, 5.41) is 0.0389. The summed E-state index contributed by atoms with van der Waals surface area (Å²) in [4.78, 5) is 0. The molecule has 0 radical (unpaired) electrons. The van der Waals surface area contributed by atoms with Crippen LogP contribution in [0.4, 0.5) is 0 Å². The van der Waals surface area contributed by atoms with Gasteiger partial charge in [0.25, 0.3) is 10.0 Å². The van der Waals surface area contributed by atoms with Crippen LogP contribution >= 0.6 is 0 Å². The van der Waals surface area contributed by atoms with Crippen LogP contribution in [0.5, 0.6) is 0 Å². The van der Waals surface area contributed by atoms with Crippen molar-refractivity contribution in [2.45, 2.75) is 38.3 Å². The number of rotatable bonds is 2. The maximum atomic E-state index is 12.2. The molecule has 0 aromatic carbocycles. The second kappa shape index (κ2) is 3.60. The summed E-state index contributed by atoms with van der Waals surface area (Å²) < 4.78 is 31.0. The van der Waals surface area contributed by atoms with Crippen LogP contribution in [0.1, 0.15) is 27.2 Å². The molecule has 0 aliphatic carbocycles. The Bertz CT molecular complexity index is 461. The quantitative estimate of drug-likeness (QED) is 0.799. The van der Waals surface area contributed by atoms with Crippen molar-refractivity contribution < 1.29 is 12.8 Å². The fourth-order valence-electron chi connectivity index (χ4n) is 2.39. The van der Waals surface area contributed by atoms with Crippen LogP contribution in [-0.2, 0) is 10.0 Å². The topological polar surface area (TPSA) is 50.5 Å². The zero-order valence-electron chi connectivity index (χ0n) is 9.80. The van der Waals surface area contributed by atoms with Crippen LogP contribution in [0.2, 0.25) is 0 Å². The van der Waals surface area contributed by atoms with E-state index in [1.807, 2.05) is 6.92 Å². The average molecular weight is 243 g/mol. The van der Waals surface area contributed by atoms with Gasteiger partial charge in [-0.05, 0) is 30.9 Å². The predicted molar refractivity (Wildman–Crippen MR) is 60.5 cm³/mol. The van der Waals surface area contributed by atoms with Crippen LogP contribution in [0.25, 0.3) is 0 Å². The lowest BCUT2D eigenvalue weighted by molar-refractivity contribution is 0.355. The van der Waals surface area contributed by atoms with Gasteiger partial charge in [0, 0.05) is 12.6 Å². The molecule has 16 heavy (non-hydrogen) atoms. The Morgan fingerprint density at radius 1 is 1.50 bits per heavy atom. The average Bonchev–Trinajstić information content (AvgIpc) is 2.72. The molecule has 1 aliphatic rings. The first-order valence-corrected chi connectivity index (χ1v) is 6.82. The molecule has 90 valence electrons. The Kier molecular flexibility index (Phi) is 2.62. The first-order valence-electron chi connectivity index (χ1n) is 5.38. The third-order valence-corrected chi connectivity index (χ3v) is 4.83. The molecule has 4 nitrogen and oxygen atoms in total. The van der Waals surface area contributed by atoms with Gasteiger partial charge in [-0.15, -0.1) is 0 Å². The molecule has 1 atom stereocenters. The summed E-state index contributed by atoms with van der Waals surface area (Å²) in [5.41, 5.74) is 0.0408. The van der Waals surface area contributed by atoms with Gasteiger partial charge in [-0.3, -0.25) is 0 Å². The Morgan fingerprint density at radius 2 is 2.19 bits per heavy atom. The molecule has 5 heteroatoms. The molecule has 0 spiro atoms. The summed E-state index contributed by atoms with van der Waals surface area (Å²) in [5.74, 6) is 0. The van der Waals surface area contributed by atoms with E-state index in [1.54, 1.807) is 6.07 Å². The minimum absolute atomic E-state index is 0.0325. The smallest absolute Gasteiger partial charge is 0.276 e. The van der Waals surface area contributed by atoms with Gasteiger partial charge in [0.05, 0.1) is 6.26 Å². The summed E-state index contributed by atoms with van der Waals surface area (Å²) in [7, 11) is -3.45. The maximum Gasteiger partial charge on any atom is 0.276 e. The van der Waals surface area contributed by atoms with Crippen LogP contribution in [-0.4, -0.2) is 25.3 Å². The molecule has 1 saturated heterocycles. The third-order valence-electron chi connectivity index (χ3n) is 2.98. The van der Waals surface area contributed by atoms with Crippen LogP contribution in [0.15, 0.2) is 27.9 Å². The number of hydrogen-bond acceptors (Lipinski definition) is 3. The monoisotopic (exact) mass is 243 g/mol. The van der Waals surface area contributed by atoms with Crippen molar-refractivity contribution in [2.24, 2.45) is 5.41 Å². The second-order valence-corrected chi connectivity index (χ2v) is 7.02. The van der Waals surface area contributed by atoms with Crippen molar-refractivity contribution in [3.05, 3.63) is 18.4 Å². The molecule has 1 aromatic rings. The van der Waals surface area contributed by atoms with Crippen molar-refractivity contribution in [1.82, 2.24) is 4.31 Å². The fourth-order valence-corrected chi connectivity index (χ4v) is 4.12. The number of nitrogens with zero attached hydrogens (tertiary/aromatic N) is 1. The van der Waals surface area contributed by atoms with Gasteiger partial charge in [0.1, 0.15) is 0 Å². The van der Waals surface area contributed by atoms with Gasteiger partial charge in [-0.2, -0.15) is 4.31 Å². The Morgan fingerprint density at radius 3 is 2.62 bits per heavy atom. The summed E-state index contributed by atoms with van der Waals surface area (Å²) in [6.45, 7) is 6.66. The third kappa shape index (κ3) is 1.89. The summed E-state index contributed by atoms with van der Waals surface area (Å²) in [6, 6.07) is 3.12. The first kappa shape index (κ1) is 11.7. The molecule has 0 saturated carbocycles. The van der Waals surface area contributed by atoms with Crippen molar-refractivity contribution in [3.63, 3.8) is 0 Å². The lowest BCUT2D eigenvalue weighted by atomic mass is 9.91. The number of furan rings is 1. The molecular formula is C11H17NO3S. The molecule has 0 amide bonds. The minimum atomic E-state index is -3.45. The largest absolute Gasteiger partial charge is 0.452 e. The highest BCUT2D eigenvalue weighted by atomic mass is 32.2. The SMILES string of the molecule is CC1CC(C)(C)CN1S(=O)(=O)c1ccco1. The molecule has 0 N–H and O–H groups in total. The second-order valence-electron chi connectivity index (χ2n) is 5.20. The summed E-state index contributed by atoms with van der Waals surface area (Å²) in [6.07, 6.45) is 2.27. The molecule has 1 unspecified atom stereocenters. The van der Waals surface area contributed by atoms with Gasteiger partial charge in [-0.1, -0.05) is 13.8 Å². The fraction of sp³-hybridized carbons (Fsp3) is 0.636. The lowest BCUT2D eigenvalue weighted by Gasteiger charge is -2.20. The Hall–Kier alpha value is -0.810. The molecular weight excluding hydrogens is 226 g/mol. The number of hydrogen-bond donors (Lipinski definition) is 0. The molecule has 1 aromatic heterocycles. The first-order chi connectivity index (χ1) is 7.33. The van der Waals surface area contributed by atoms with Gasteiger partial charge in [0.2, 0.25) is 5.09 Å². The minimum Gasteiger partial charge on any atom is -0.452 e. The van der Waals surface area contributed by atoms with Crippen LogP contribution < -0.4 is 0 Å². The predicted octanol–water partition coefficient (Wildman–Crippen LogP) is 2.09. The highest BCUT2D eigenvalue weighted by molar-refractivity contribution is 7.89. The molecule has 1 aliphatic heterocycles. The van der Waals surface area contributed by atoms with Crippen LogP contribution in [0, 0.1) is 5.41 Å². The van der Waals surface area contributed by atoms with E-state index in [0.29, 0.717) is 6.54 Å².